The van der Waals surface area contributed by atoms with Crippen molar-refractivity contribution in [2.75, 3.05) is 0 Å². The SMILES string of the molecule is Bc1ccc(-c2cccc3c2sc2c(-c4cccc(-c5ccccc5)c4)cccc23)cc1. The summed E-state index contributed by atoms with van der Waals surface area (Å²) >= 11 is 1.91. The fourth-order valence-corrected chi connectivity index (χ4v) is 5.88. The van der Waals surface area contributed by atoms with E-state index in [9.17, 15) is 0 Å². The van der Waals surface area contributed by atoms with Gasteiger partial charge in [0.25, 0.3) is 0 Å². The summed E-state index contributed by atoms with van der Waals surface area (Å²) in [4.78, 5) is 0. The molecule has 1 aromatic heterocycles. The van der Waals surface area contributed by atoms with Gasteiger partial charge >= 0.3 is 0 Å². The van der Waals surface area contributed by atoms with E-state index in [4.69, 9.17) is 0 Å². The lowest BCUT2D eigenvalue weighted by Crippen LogP contribution is -1.99. The summed E-state index contributed by atoms with van der Waals surface area (Å²) in [6, 6.07) is 41.8. The Bertz CT molecular complexity index is 1560. The van der Waals surface area contributed by atoms with E-state index in [1.165, 1.54) is 59.0 Å². The highest BCUT2D eigenvalue weighted by molar-refractivity contribution is 7.26. The van der Waals surface area contributed by atoms with Crippen molar-refractivity contribution in [2.24, 2.45) is 0 Å². The standard InChI is InChI=1S/C30H21BS/c31-24-17-15-21(16-18-24)25-11-5-13-27-28-14-6-12-26(30(28)32-29(25)27)23-10-4-9-22(19-23)20-7-2-1-3-8-20/h1-19H,31H2. The van der Waals surface area contributed by atoms with Gasteiger partial charge in [-0.25, -0.2) is 0 Å². The lowest BCUT2D eigenvalue weighted by atomic mass is 9.93. The van der Waals surface area contributed by atoms with Crippen molar-refractivity contribution in [2.45, 2.75) is 0 Å². The first-order valence-corrected chi connectivity index (χ1v) is 11.8. The van der Waals surface area contributed by atoms with Crippen LogP contribution >= 0.6 is 11.3 Å². The van der Waals surface area contributed by atoms with Crippen LogP contribution in [0.5, 0.6) is 0 Å². The molecule has 0 radical (unpaired) electrons. The van der Waals surface area contributed by atoms with Gasteiger partial charge < -0.3 is 0 Å². The summed E-state index contributed by atoms with van der Waals surface area (Å²) in [5, 5.41) is 2.67. The quantitative estimate of drug-likeness (QED) is 0.261. The van der Waals surface area contributed by atoms with Gasteiger partial charge in [0.15, 0.2) is 0 Å². The average Bonchev–Trinajstić information content (AvgIpc) is 3.24. The molecule has 32 heavy (non-hydrogen) atoms. The molecular weight excluding hydrogens is 403 g/mol. The van der Waals surface area contributed by atoms with Crippen LogP contribution in [-0.2, 0) is 0 Å². The largest absolute Gasteiger partial charge is 0.139 e. The third kappa shape index (κ3) is 3.24. The molecular formula is C30H21BS. The predicted molar refractivity (Wildman–Crippen MR) is 144 cm³/mol. The Morgan fingerprint density at radius 2 is 1.00 bits per heavy atom. The molecule has 0 unspecified atom stereocenters. The van der Waals surface area contributed by atoms with E-state index >= 15 is 0 Å². The van der Waals surface area contributed by atoms with E-state index in [0.717, 1.165) is 0 Å². The van der Waals surface area contributed by atoms with E-state index < -0.39 is 0 Å². The van der Waals surface area contributed by atoms with Gasteiger partial charge in [0.05, 0.1) is 0 Å². The molecule has 6 aromatic rings. The van der Waals surface area contributed by atoms with Crippen LogP contribution in [0.1, 0.15) is 0 Å². The first-order chi connectivity index (χ1) is 15.8. The molecule has 0 atom stereocenters. The van der Waals surface area contributed by atoms with Crippen LogP contribution < -0.4 is 5.46 Å². The molecule has 0 amide bonds. The van der Waals surface area contributed by atoms with Gasteiger partial charge in [-0.15, -0.1) is 11.3 Å². The minimum atomic E-state index is 1.25. The molecule has 0 aliphatic rings. The van der Waals surface area contributed by atoms with Crippen LogP contribution in [0.25, 0.3) is 53.6 Å². The van der Waals surface area contributed by atoms with Gasteiger partial charge in [0.1, 0.15) is 7.85 Å². The Morgan fingerprint density at radius 3 is 1.69 bits per heavy atom. The fourth-order valence-electron chi connectivity index (χ4n) is 4.50. The van der Waals surface area contributed by atoms with E-state index in [1.54, 1.807) is 0 Å². The molecule has 0 saturated heterocycles. The molecule has 0 nitrogen and oxygen atoms in total. The zero-order chi connectivity index (χ0) is 21.5. The molecule has 0 aliphatic carbocycles. The predicted octanol–water partition coefficient (Wildman–Crippen LogP) is 7.31. The van der Waals surface area contributed by atoms with Gasteiger partial charge in [0.2, 0.25) is 0 Å². The number of hydrogen-bond donors (Lipinski definition) is 0. The maximum atomic E-state index is 2.31. The lowest BCUT2D eigenvalue weighted by Gasteiger charge is -2.07. The van der Waals surface area contributed by atoms with Gasteiger partial charge in [-0.1, -0.05) is 115 Å². The zero-order valence-electron chi connectivity index (χ0n) is 17.9. The molecule has 0 fully saturated rings. The smallest absolute Gasteiger partial charge is 0.134 e. The van der Waals surface area contributed by atoms with Crippen molar-refractivity contribution in [3.8, 4) is 33.4 Å². The van der Waals surface area contributed by atoms with Crippen molar-refractivity contribution >= 4 is 44.8 Å². The third-order valence-corrected chi connectivity index (χ3v) is 7.46. The molecule has 2 heteroatoms. The van der Waals surface area contributed by atoms with E-state index in [1.807, 2.05) is 11.3 Å². The number of fused-ring (bicyclic) bond motifs is 3. The molecule has 0 bridgehead atoms. The van der Waals surface area contributed by atoms with Gasteiger partial charge in [-0.2, -0.15) is 0 Å². The summed E-state index contributed by atoms with van der Waals surface area (Å²) < 4.78 is 2.71. The molecule has 0 aliphatic heterocycles. The molecule has 150 valence electrons. The molecule has 0 N–H and O–H groups in total. The van der Waals surface area contributed by atoms with Crippen molar-refractivity contribution in [3.05, 3.63) is 115 Å². The lowest BCUT2D eigenvalue weighted by molar-refractivity contribution is 1.61. The highest BCUT2D eigenvalue weighted by atomic mass is 32.1. The number of benzene rings is 5. The Hall–Kier alpha value is -3.62. The van der Waals surface area contributed by atoms with Crippen LogP contribution in [0, 0.1) is 0 Å². The summed E-state index contributed by atoms with van der Waals surface area (Å²) in [5.74, 6) is 0. The number of thiophene rings is 1. The minimum Gasteiger partial charge on any atom is -0.134 e. The first kappa shape index (κ1) is 19.1. The summed E-state index contributed by atoms with van der Waals surface area (Å²) in [6.07, 6.45) is 0. The zero-order valence-corrected chi connectivity index (χ0v) is 18.7. The molecule has 5 aromatic carbocycles. The van der Waals surface area contributed by atoms with Crippen LogP contribution in [-0.4, -0.2) is 7.85 Å². The topological polar surface area (TPSA) is 0 Å². The van der Waals surface area contributed by atoms with E-state index in [0.29, 0.717) is 0 Å². The first-order valence-electron chi connectivity index (χ1n) is 10.9. The second kappa shape index (κ2) is 7.82. The average molecular weight is 424 g/mol. The van der Waals surface area contributed by atoms with Crippen LogP contribution in [0.3, 0.4) is 0 Å². The summed E-state index contributed by atoms with van der Waals surface area (Å²) in [6.45, 7) is 0. The van der Waals surface area contributed by atoms with Crippen molar-refractivity contribution in [1.29, 1.82) is 0 Å². The maximum absolute atomic E-state index is 2.31. The van der Waals surface area contributed by atoms with Gasteiger partial charge in [-0.3, -0.25) is 0 Å². The van der Waals surface area contributed by atoms with Gasteiger partial charge in [0, 0.05) is 20.2 Å². The number of rotatable bonds is 3. The van der Waals surface area contributed by atoms with Gasteiger partial charge in [-0.05, 0) is 39.4 Å². The highest BCUT2D eigenvalue weighted by Crippen LogP contribution is 2.43. The minimum absolute atomic E-state index is 1.25. The van der Waals surface area contributed by atoms with Crippen molar-refractivity contribution in [3.63, 3.8) is 0 Å². The fraction of sp³-hybridized carbons (Fsp3) is 0. The Balaban J connectivity index is 1.56. The normalized spacial score (nSPS) is 11.2. The Kier molecular flexibility index (Phi) is 4.67. The second-order valence-corrected chi connectivity index (χ2v) is 9.30. The van der Waals surface area contributed by atoms with Crippen LogP contribution in [0.2, 0.25) is 0 Å². The van der Waals surface area contributed by atoms with E-state index in [-0.39, 0.29) is 0 Å². The van der Waals surface area contributed by atoms with Crippen LogP contribution in [0.15, 0.2) is 115 Å². The second-order valence-electron chi connectivity index (χ2n) is 8.28. The Morgan fingerprint density at radius 1 is 0.438 bits per heavy atom. The molecule has 0 saturated carbocycles. The number of hydrogen-bond acceptors (Lipinski definition) is 1. The maximum Gasteiger partial charge on any atom is 0.139 e. The van der Waals surface area contributed by atoms with Crippen molar-refractivity contribution < 1.29 is 0 Å². The third-order valence-electron chi connectivity index (χ3n) is 6.17. The molecule has 0 spiro atoms. The summed E-state index contributed by atoms with van der Waals surface area (Å²) in [5.41, 5.74) is 8.95. The van der Waals surface area contributed by atoms with Crippen LogP contribution in [0.4, 0.5) is 0 Å². The monoisotopic (exact) mass is 424 g/mol. The van der Waals surface area contributed by atoms with Crippen molar-refractivity contribution in [1.82, 2.24) is 0 Å². The molecule has 6 rings (SSSR count). The highest BCUT2D eigenvalue weighted by Gasteiger charge is 2.14. The van der Waals surface area contributed by atoms with E-state index in [2.05, 4.69) is 123 Å². The Labute approximate surface area is 193 Å². The summed E-state index contributed by atoms with van der Waals surface area (Å²) in [7, 11) is 2.14. The molecule has 1 heterocycles.